The molecule has 0 saturated heterocycles. The van der Waals surface area contributed by atoms with Crippen LogP contribution in [0.5, 0.6) is 0 Å². The first-order valence-electron chi connectivity index (χ1n) is 3.30. The number of aliphatic hydroxyl groups excluding tert-OH is 1. The third-order valence-corrected chi connectivity index (χ3v) is 1.48. The monoisotopic (exact) mass is 224 g/mol. The van der Waals surface area contributed by atoms with Gasteiger partial charge in [-0.15, -0.1) is 0 Å². The molecule has 0 bridgehead atoms. The highest BCUT2D eigenvalue weighted by atomic mass is 16.4. The normalized spacial score (nSPS) is 15.6. The Morgan fingerprint density at radius 3 is 1.73 bits per heavy atom. The first-order valence-corrected chi connectivity index (χ1v) is 3.30. The molecule has 8 nitrogen and oxygen atoms in total. The fraction of sp³-hybridized carbons (Fsp3) is 0.571. The van der Waals surface area contributed by atoms with Gasteiger partial charge in [-0.1, -0.05) is 7.43 Å². The molecule has 0 heterocycles. The summed E-state index contributed by atoms with van der Waals surface area (Å²) in [5, 5.41) is 42.6. The maximum absolute atomic E-state index is 10.4. The maximum Gasteiger partial charge on any atom is 0.339 e. The van der Waals surface area contributed by atoms with E-state index in [4.69, 9.17) is 25.5 Å². The molecule has 8 heteroatoms. The molecule has 0 rings (SSSR count). The van der Waals surface area contributed by atoms with Gasteiger partial charge < -0.3 is 25.5 Å². The number of carbonyl (C=O) groups is 3. The van der Waals surface area contributed by atoms with E-state index < -0.39 is 36.0 Å². The summed E-state index contributed by atoms with van der Waals surface area (Å²) in [6.07, 6.45) is -4.11. The van der Waals surface area contributed by atoms with Crippen molar-refractivity contribution in [2.75, 3.05) is 0 Å². The van der Waals surface area contributed by atoms with Gasteiger partial charge in [0.2, 0.25) is 5.60 Å². The molecule has 0 saturated carbocycles. The van der Waals surface area contributed by atoms with Crippen molar-refractivity contribution in [3.05, 3.63) is 0 Å². The number of carboxylic acids is 3. The van der Waals surface area contributed by atoms with Crippen molar-refractivity contribution in [2.24, 2.45) is 0 Å². The molecule has 0 aromatic rings. The van der Waals surface area contributed by atoms with E-state index in [-0.39, 0.29) is 7.43 Å². The summed E-state index contributed by atoms with van der Waals surface area (Å²) in [4.78, 5) is 30.7. The molecule has 0 amide bonds. The lowest BCUT2D eigenvalue weighted by Crippen LogP contribution is -2.54. The van der Waals surface area contributed by atoms with Crippen molar-refractivity contribution in [2.45, 2.75) is 25.6 Å². The van der Waals surface area contributed by atoms with Crippen molar-refractivity contribution >= 4 is 17.9 Å². The van der Waals surface area contributed by atoms with E-state index in [2.05, 4.69) is 0 Å². The second-order valence-electron chi connectivity index (χ2n) is 2.54. The lowest BCUT2D eigenvalue weighted by molar-refractivity contribution is -0.187. The maximum atomic E-state index is 10.4. The summed E-state index contributed by atoms with van der Waals surface area (Å²) < 4.78 is 0. The van der Waals surface area contributed by atoms with E-state index in [1.807, 2.05) is 0 Å². The Balaban J connectivity index is 0. The summed E-state index contributed by atoms with van der Waals surface area (Å²) in [6.45, 7) is 0. The van der Waals surface area contributed by atoms with Crippen LogP contribution in [-0.4, -0.2) is 55.1 Å². The minimum atomic E-state index is -3.22. The third kappa shape index (κ3) is 3.52. The molecule has 88 valence electrons. The van der Waals surface area contributed by atoms with Crippen molar-refractivity contribution in [1.29, 1.82) is 0 Å². The van der Waals surface area contributed by atoms with E-state index in [9.17, 15) is 14.4 Å². The van der Waals surface area contributed by atoms with E-state index in [0.29, 0.717) is 0 Å². The van der Waals surface area contributed by atoms with Gasteiger partial charge in [0, 0.05) is 0 Å². The Kier molecular flexibility index (Phi) is 5.55. The Morgan fingerprint density at radius 2 is 1.53 bits per heavy atom. The summed E-state index contributed by atoms with van der Waals surface area (Å²) in [5.41, 5.74) is -3.22. The molecule has 2 atom stereocenters. The molecule has 0 fully saturated rings. The molecule has 0 aliphatic rings. The molecule has 0 radical (unpaired) electrons. The Hall–Kier alpha value is -1.67. The van der Waals surface area contributed by atoms with Crippen LogP contribution >= 0.6 is 0 Å². The van der Waals surface area contributed by atoms with Crippen LogP contribution in [0.3, 0.4) is 0 Å². The zero-order valence-corrected chi connectivity index (χ0v) is 6.75. The lowest BCUT2D eigenvalue weighted by atomic mass is 9.93. The Bertz CT molecular complexity index is 272. The summed E-state index contributed by atoms with van der Waals surface area (Å²) in [6, 6.07) is 0. The van der Waals surface area contributed by atoms with Gasteiger partial charge in [0.15, 0.2) is 6.10 Å². The zero-order valence-electron chi connectivity index (χ0n) is 6.75. The molecule has 15 heavy (non-hydrogen) atoms. The average molecular weight is 224 g/mol. The van der Waals surface area contributed by atoms with Gasteiger partial charge in [-0.25, -0.2) is 9.59 Å². The lowest BCUT2D eigenvalue weighted by Gasteiger charge is -2.23. The molecule has 2 unspecified atom stereocenters. The first kappa shape index (κ1) is 15.8. The number of rotatable bonds is 5. The second kappa shape index (κ2) is 5.27. The molecule has 5 N–H and O–H groups in total. The van der Waals surface area contributed by atoms with Crippen LogP contribution in [-0.2, 0) is 14.4 Å². The standard InChI is InChI=1S/C6H8O8.CH4/c7-2(8)1-6(14,5(12)13)3(9)4(10)11;/h3,9,14H,1H2,(H,7,8)(H,10,11)(H,12,13);1H4. The van der Waals surface area contributed by atoms with Gasteiger partial charge in [-0.05, 0) is 0 Å². The van der Waals surface area contributed by atoms with Crippen molar-refractivity contribution in [1.82, 2.24) is 0 Å². The quantitative estimate of drug-likeness (QED) is 0.372. The Morgan fingerprint density at radius 1 is 1.13 bits per heavy atom. The smallest absolute Gasteiger partial charge is 0.339 e. The van der Waals surface area contributed by atoms with Crippen LogP contribution in [0.15, 0.2) is 0 Å². The van der Waals surface area contributed by atoms with Crippen LogP contribution in [0.1, 0.15) is 13.8 Å². The molecular weight excluding hydrogens is 212 g/mol. The topological polar surface area (TPSA) is 152 Å². The van der Waals surface area contributed by atoms with Gasteiger partial charge in [0.05, 0.1) is 6.42 Å². The molecule has 0 spiro atoms. The van der Waals surface area contributed by atoms with E-state index in [1.165, 1.54) is 0 Å². The van der Waals surface area contributed by atoms with Crippen molar-refractivity contribution in [3.8, 4) is 0 Å². The van der Waals surface area contributed by atoms with Crippen molar-refractivity contribution < 1.29 is 39.9 Å². The molecular formula is C7H12O8. The number of hydrogen-bond donors (Lipinski definition) is 5. The highest BCUT2D eigenvalue weighted by Gasteiger charge is 2.49. The van der Waals surface area contributed by atoms with E-state index in [1.54, 1.807) is 0 Å². The minimum absolute atomic E-state index is 0. The summed E-state index contributed by atoms with van der Waals surface area (Å²) in [5.74, 6) is -5.87. The van der Waals surface area contributed by atoms with Gasteiger partial charge in [0.1, 0.15) is 0 Å². The predicted molar refractivity (Wildman–Crippen MR) is 45.2 cm³/mol. The summed E-state index contributed by atoms with van der Waals surface area (Å²) >= 11 is 0. The van der Waals surface area contributed by atoms with E-state index in [0.717, 1.165) is 0 Å². The van der Waals surface area contributed by atoms with Gasteiger partial charge >= 0.3 is 17.9 Å². The largest absolute Gasteiger partial charge is 0.481 e. The highest BCUT2D eigenvalue weighted by Crippen LogP contribution is 2.16. The SMILES string of the molecule is C.O=C(O)CC(O)(C(=O)O)C(O)C(=O)O. The fourth-order valence-corrected chi connectivity index (χ4v) is 0.724. The number of aliphatic carboxylic acids is 3. The molecule has 0 aromatic carbocycles. The van der Waals surface area contributed by atoms with Crippen LogP contribution in [0.2, 0.25) is 0 Å². The minimum Gasteiger partial charge on any atom is -0.481 e. The highest BCUT2D eigenvalue weighted by molar-refractivity contribution is 5.90. The number of hydrogen-bond acceptors (Lipinski definition) is 5. The molecule has 0 aromatic heterocycles. The van der Waals surface area contributed by atoms with Gasteiger partial charge in [0.25, 0.3) is 0 Å². The second-order valence-corrected chi connectivity index (χ2v) is 2.54. The third-order valence-electron chi connectivity index (χ3n) is 1.48. The molecule has 0 aliphatic heterocycles. The number of aliphatic hydroxyl groups is 2. The van der Waals surface area contributed by atoms with Gasteiger partial charge in [-0.2, -0.15) is 0 Å². The van der Waals surface area contributed by atoms with Crippen LogP contribution in [0, 0.1) is 0 Å². The zero-order chi connectivity index (χ0) is 11.5. The van der Waals surface area contributed by atoms with Crippen LogP contribution in [0.25, 0.3) is 0 Å². The van der Waals surface area contributed by atoms with Crippen LogP contribution in [0.4, 0.5) is 0 Å². The molecule has 0 aliphatic carbocycles. The fourth-order valence-electron chi connectivity index (χ4n) is 0.724. The Labute approximate surface area is 84.4 Å². The average Bonchev–Trinajstić information content (AvgIpc) is 2.00. The predicted octanol–water partition coefficient (Wildman–Crippen LogP) is -1.64. The van der Waals surface area contributed by atoms with Gasteiger partial charge in [-0.3, -0.25) is 4.79 Å². The van der Waals surface area contributed by atoms with E-state index >= 15 is 0 Å². The summed E-state index contributed by atoms with van der Waals surface area (Å²) in [7, 11) is 0. The van der Waals surface area contributed by atoms with Crippen LogP contribution < -0.4 is 0 Å². The first-order chi connectivity index (χ1) is 6.21. The number of carboxylic acid groups (broad SMARTS) is 3. The van der Waals surface area contributed by atoms with Crippen molar-refractivity contribution in [3.63, 3.8) is 0 Å².